The Morgan fingerprint density at radius 3 is 2.09 bits per heavy atom. The van der Waals surface area contributed by atoms with E-state index in [1.807, 2.05) is 0 Å². The number of ketones is 1. The normalized spacial score (nSPS) is 7.82. The summed E-state index contributed by atoms with van der Waals surface area (Å²) in [6, 6.07) is 0. The number of unbranched alkanes of at least 4 members (excludes halogenated alkanes) is 3. The van der Waals surface area contributed by atoms with Gasteiger partial charge < -0.3 is 10.3 Å². The largest absolute Gasteiger partial charge is 0.412 e. The second kappa shape index (κ2) is 13.0. The maximum atomic E-state index is 10.4. The first kappa shape index (κ1) is 17.4. The Hall–Kier alpha value is 0.344. The molecule has 0 aromatic carbocycles. The molecule has 0 saturated heterocycles. The molecule has 0 spiro atoms. The van der Waals surface area contributed by atoms with Crippen LogP contribution in [-0.4, -0.2) is 11.3 Å². The minimum absolute atomic E-state index is 0. The summed E-state index contributed by atoms with van der Waals surface area (Å²) in [5.41, 5.74) is 0. The fraction of sp³-hybridized carbons (Fsp3) is 0.875. The van der Waals surface area contributed by atoms with Crippen LogP contribution >= 0.6 is 0 Å². The van der Waals surface area contributed by atoms with Gasteiger partial charge >= 0.3 is 0 Å². The summed E-state index contributed by atoms with van der Waals surface area (Å²) in [6.45, 7) is 3.83. The Morgan fingerprint density at radius 2 is 1.73 bits per heavy atom. The van der Waals surface area contributed by atoms with E-state index in [1.165, 1.54) is 19.3 Å². The second-order valence-electron chi connectivity index (χ2n) is 2.51. The number of Topliss-reactive ketones (excluding diaryl/α,β-unsaturated/α-hetero) is 1. The van der Waals surface area contributed by atoms with Crippen LogP contribution < -0.4 is 0 Å². The van der Waals surface area contributed by atoms with Gasteiger partial charge in [-0.25, -0.2) is 0 Å². The van der Waals surface area contributed by atoms with E-state index < -0.39 is 0 Å². The standard InChI is InChI=1S/C8H16O.H2O.Ti/c1-3-4-5-6-7-8(2)9;;/h3-7H2,1-2H3;1H2;. The van der Waals surface area contributed by atoms with Crippen molar-refractivity contribution in [1.29, 1.82) is 0 Å². The van der Waals surface area contributed by atoms with E-state index in [-0.39, 0.29) is 27.2 Å². The van der Waals surface area contributed by atoms with Gasteiger partial charge in [-0.05, 0) is 13.3 Å². The molecule has 0 atom stereocenters. The van der Waals surface area contributed by atoms with Gasteiger partial charge in [0.05, 0.1) is 0 Å². The van der Waals surface area contributed by atoms with Crippen molar-refractivity contribution < 1.29 is 32.0 Å². The Labute approximate surface area is 83.9 Å². The van der Waals surface area contributed by atoms with Crippen LogP contribution in [0.3, 0.4) is 0 Å². The number of hydrogen-bond acceptors (Lipinski definition) is 1. The maximum absolute atomic E-state index is 10.4. The van der Waals surface area contributed by atoms with Crippen LogP contribution in [0, 0.1) is 0 Å². The van der Waals surface area contributed by atoms with Crippen LogP contribution in [0.1, 0.15) is 46.0 Å². The average molecular weight is 194 g/mol. The van der Waals surface area contributed by atoms with Crippen molar-refractivity contribution in [1.82, 2.24) is 0 Å². The summed E-state index contributed by atoms with van der Waals surface area (Å²) in [6.07, 6.45) is 5.60. The van der Waals surface area contributed by atoms with Gasteiger partial charge in [0, 0.05) is 28.1 Å². The predicted octanol–water partition coefficient (Wildman–Crippen LogP) is 1.72. The van der Waals surface area contributed by atoms with Crippen LogP contribution in [0.5, 0.6) is 0 Å². The molecule has 11 heavy (non-hydrogen) atoms. The zero-order valence-electron chi connectivity index (χ0n) is 7.44. The van der Waals surface area contributed by atoms with Gasteiger partial charge in [0.1, 0.15) is 5.78 Å². The van der Waals surface area contributed by atoms with E-state index in [0.29, 0.717) is 5.78 Å². The zero-order chi connectivity index (χ0) is 7.11. The smallest absolute Gasteiger partial charge is 0.129 e. The quantitative estimate of drug-likeness (QED) is 0.485. The first-order valence-electron chi connectivity index (χ1n) is 3.76. The average Bonchev–Trinajstić information content (AvgIpc) is 1.80. The third kappa shape index (κ3) is 17.9. The van der Waals surface area contributed by atoms with E-state index in [2.05, 4.69) is 6.92 Å². The third-order valence-corrected chi connectivity index (χ3v) is 1.38. The molecule has 0 bridgehead atoms. The molecule has 0 unspecified atom stereocenters. The van der Waals surface area contributed by atoms with E-state index in [4.69, 9.17) is 0 Å². The SMILES string of the molecule is CCCCCCC(C)=O.O.[Ti]. The molecular weight excluding hydrogens is 176 g/mol. The summed E-state index contributed by atoms with van der Waals surface area (Å²) in [7, 11) is 0. The Morgan fingerprint density at radius 1 is 1.18 bits per heavy atom. The first-order valence-corrected chi connectivity index (χ1v) is 3.76. The minimum Gasteiger partial charge on any atom is -0.412 e. The number of carbonyl (C=O) groups is 1. The topological polar surface area (TPSA) is 48.6 Å². The summed E-state index contributed by atoms with van der Waals surface area (Å²) < 4.78 is 0. The Bertz CT molecular complexity index is 84.2. The van der Waals surface area contributed by atoms with Gasteiger partial charge in [-0.2, -0.15) is 0 Å². The van der Waals surface area contributed by atoms with Gasteiger partial charge in [0.25, 0.3) is 0 Å². The molecular formula is C8H18O2Ti. The molecule has 0 aliphatic heterocycles. The minimum atomic E-state index is 0. The molecule has 0 radical (unpaired) electrons. The number of rotatable bonds is 5. The number of carbonyl (C=O) groups excluding carboxylic acids is 1. The van der Waals surface area contributed by atoms with Crippen LogP contribution in [0.15, 0.2) is 0 Å². The fourth-order valence-electron chi connectivity index (χ4n) is 0.801. The molecule has 3 heteroatoms. The van der Waals surface area contributed by atoms with Gasteiger partial charge in [0.2, 0.25) is 0 Å². The van der Waals surface area contributed by atoms with Gasteiger partial charge in [0.15, 0.2) is 0 Å². The van der Waals surface area contributed by atoms with E-state index >= 15 is 0 Å². The molecule has 0 amide bonds. The van der Waals surface area contributed by atoms with Crippen molar-refractivity contribution in [2.45, 2.75) is 46.0 Å². The van der Waals surface area contributed by atoms with Crippen LogP contribution in [0.2, 0.25) is 0 Å². The third-order valence-electron chi connectivity index (χ3n) is 1.38. The van der Waals surface area contributed by atoms with Gasteiger partial charge in [-0.3, -0.25) is 0 Å². The van der Waals surface area contributed by atoms with E-state index in [1.54, 1.807) is 6.92 Å². The Kier molecular flexibility index (Phi) is 20.6. The van der Waals surface area contributed by atoms with Crippen LogP contribution in [-0.2, 0) is 26.5 Å². The maximum Gasteiger partial charge on any atom is 0.129 e. The first-order chi connectivity index (χ1) is 4.27. The van der Waals surface area contributed by atoms with Crippen molar-refractivity contribution in [3.8, 4) is 0 Å². The fourth-order valence-corrected chi connectivity index (χ4v) is 0.801. The number of hydrogen-bond donors (Lipinski definition) is 0. The van der Waals surface area contributed by atoms with Crippen LogP contribution in [0.25, 0.3) is 0 Å². The molecule has 0 aliphatic rings. The molecule has 66 valence electrons. The molecule has 0 heterocycles. The van der Waals surface area contributed by atoms with Crippen molar-refractivity contribution in [3.63, 3.8) is 0 Å². The molecule has 0 rings (SSSR count). The van der Waals surface area contributed by atoms with Gasteiger partial charge in [-0.15, -0.1) is 0 Å². The molecule has 2 nitrogen and oxygen atoms in total. The van der Waals surface area contributed by atoms with Gasteiger partial charge in [-0.1, -0.05) is 26.2 Å². The van der Waals surface area contributed by atoms with E-state index in [0.717, 1.165) is 12.8 Å². The van der Waals surface area contributed by atoms with E-state index in [9.17, 15) is 4.79 Å². The van der Waals surface area contributed by atoms with Crippen LogP contribution in [0.4, 0.5) is 0 Å². The molecule has 0 fully saturated rings. The zero-order valence-corrected chi connectivity index (χ0v) is 9.01. The predicted molar refractivity (Wildman–Crippen MR) is 43.1 cm³/mol. The summed E-state index contributed by atoms with van der Waals surface area (Å²) in [5.74, 6) is 0.325. The van der Waals surface area contributed by atoms with Crippen molar-refractivity contribution in [2.24, 2.45) is 0 Å². The summed E-state index contributed by atoms with van der Waals surface area (Å²) in [4.78, 5) is 10.4. The molecule has 2 N–H and O–H groups in total. The van der Waals surface area contributed by atoms with Crippen molar-refractivity contribution in [3.05, 3.63) is 0 Å². The monoisotopic (exact) mass is 194 g/mol. The summed E-state index contributed by atoms with van der Waals surface area (Å²) in [5, 5.41) is 0. The molecule has 0 aromatic heterocycles. The Balaban J connectivity index is -0.000000320. The molecule has 0 saturated carbocycles. The molecule has 0 aliphatic carbocycles. The summed E-state index contributed by atoms with van der Waals surface area (Å²) >= 11 is 0. The second-order valence-corrected chi connectivity index (χ2v) is 2.51. The van der Waals surface area contributed by atoms with Crippen molar-refractivity contribution >= 4 is 5.78 Å². The van der Waals surface area contributed by atoms with Crippen molar-refractivity contribution in [2.75, 3.05) is 0 Å². The molecule has 0 aromatic rings.